The van der Waals surface area contributed by atoms with Crippen LogP contribution in [0.2, 0.25) is 0 Å². The van der Waals surface area contributed by atoms with Gasteiger partial charge in [-0.05, 0) is 29.7 Å². The largest absolute Gasteiger partial charge is 0.478 e. The fraction of sp³-hybridized carbons (Fsp3) is 0.0714. The van der Waals surface area contributed by atoms with Gasteiger partial charge in [-0.2, -0.15) is 0 Å². The Hall–Kier alpha value is -1.51. The highest BCUT2D eigenvalue weighted by atomic mass is 35.5. The second-order valence-corrected chi connectivity index (χ2v) is 3.67. The van der Waals surface area contributed by atoms with Crippen LogP contribution in [0.15, 0.2) is 48.5 Å². The predicted molar refractivity (Wildman–Crippen MR) is 78.1 cm³/mol. The number of carboxylic acid groups (broad SMARTS) is 1. The Morgan fingerprint density at radius 1 is 0.889 bits per heavy atom. The summed E-state index contributed by atoms with van der Waals surface area (Å²) in [5.41, 5.74) is 3.17. The van der Waals surface area contributed by atoms with Gasteiger partial charge in [0.1, 0.15) is 0 Å². The Bertz CT molecular complexity index is 539. The highest BCUT2D eigenvalue weighted by Gasteiger charge is 2.11. The van der Waals surface area contributed by atoms with E-state index in [1.54, 1.807) is 12.1 Å². The molecule has 0 heterocycles. The molecule has 96 valence electrons. The minimum atomic E-state index is -0.890. The molecule has 0 radical (unpaired) electrons. The lowest BCUT2D eigenvalue weighted by atomic mass is 9.96. The predicted octanol–water partition coefficient (Wildman–Crippen LogP) is 4.20. The van der Waals surface area contributed by atoms with Crippen molar-refractivity contribution < 1.29 is 9.90 Å². The quantitative estimate of drug-likeness (QED) is 0.897. The second kappa shape index (κ2) is 7.04. The van der Waals surface area contributed by atoms with E-state index in [4.69, 9.17) is 5.11 Å². The zero-order valence-corrected chi connectivity index (χ0v) is 11.4. The third-order valence-corrected chi connectivity index (χ3v) is 2.59. The van der Waals surface area contributed by atoms with Gasteiger partial charge >= 0.3 is 5.97 Å². The molecule has 0 unspecified atom stereocenters. The zero-order valence-electron chi connectivity index (χ0n) is 9.79. The van der Waals surface area contributed by atoms with Crippen LogP contribution in [-0.2, 0) is 0 Å². The van der Waals surface area contributed by atoms with Crippen molar-refractivity contribution in [3.8, 4) is 11.1 Å². The molecule has 1 N–H and O–H groups in total. The van der Waals surface area contributed by atoms with E-state index in [0.29, 0.717) is 5.56 Å². The maximum absolute atomic E-state index is 11.1. The molecule has 0 saturated heterocycles. The van der Waals surface area contributed by atoms with E-state index in [9.17, 15) is 4.79 Å². The summed E-state index contributed by atoms with van der Waals surface area (Å²) in [6.45, 7) is 1.98. The first-order valence-corrected chi connectivity index (χ1v) is 5.08. The van der Waals surface area contributed by atoms with Crippen molar-refractivity contribution in [3.05, 3.63) is 59.7 Å². The van der Waals surface area contributed by atoms with Crippen LogP contribution in [-0.4, -0.2) is 11.1 Å². The van der Waals surface area contributed by atoms with Gasteiger partial charge in [0, 0.05) is 0 Å². The molecule has 0 aromatic heterocycles. The summed E-state index contributed by atoms with van der Waals surface area (Å²) in [4.78, 5) is 11.1. The Morgan fingerprint density at radius 2 is 1.39 bits per heavy atom. The molecular weight excluding hydrogens is 271 g/mol. The molecule has 0 amide bonds. The van der Waals surface area contributed by atoms with Gasteiger partial charge in [-0.25, -0.2) is 4.79 Å². The number of aryl methyl sites for hydroxylation is 1. The van der Waals surface area contributed by atoms with Gasteiger partial charge in [0.2, 0.25) is 0 Å². The molecule has 0 aliphatic heterocycles. The van der Waals surface area contributed by atoms with Crippen molar-refractivity contribution in [3.63, 3.8) is 0 Å². The topological polar surface area (TPSA) is 37.3 Å². The van der Waals surface area contributed by atoms with Crippen LogP contribution in [0.5, 0.6) is 0 Å². The first-order valence-electron chi connectivity index (χ1n) is 5.08. The number of aromatic carboxylic acids is 1. The summed E-state index contributed by atoms with van der Waals surface area (Å²) in [6.07, 6.45) is 0. The number of halogens is 2. The van der Waals surface area contributed by atoms with Gasteiger partial charge in [-0.1, -0.05) is 42.5 Å². The summed E-state index contributed by atoms with van der Waals surface area (Å²) in [5.74, 6) is -0.890. The Morgan fingerprint density at radius 3 is 1.94 bits per heavy atom. The minimum absolute atomic E-state index is 0. The van der Waals surface area contributed by atoms with Crippen molar-refractivity contribution in [1.82, 2.24) is 0 Å². The highest BCUT2D eigenvalue weighted by molar-refractivity contribution is 5.96. The number of hydrogen-bond acceptors (Lipinski definition) is 1. The van der Waals surface area contributed by atoms with Crippen LogP contribution in [0.1, 0.15) is 15.9 Å². The van der Waals surface area contributed by atoms with E-state index in [1.807, 2.05) is 43.3 Å². The number of benzene rings is 2. The van der Waals surface area contributed by atoms with Gasteiger partial charge in [0.25, 0.3) is 0 Å². The third kappa shape index (κ3) is 3.25. The molecule has 2 aromatic rings. The van der Waals surface area contributed by atoms with Crippen LogP contribution < -0.4 is 0 Å². The average molecular weight is 285 g/mol. The minimum Gasteiger partial charge on any atom is -0.478 e. The SMILES string of the molecule is Cc1ccccc1-c1ccccc1C(=O)O.Cl.Cl. The molecule has 2 rings (SSSR count). The molecule has 0 fully saturated rings. The number of carbonyl (C=O) groups is 1. The van der Waals surface area contributed by atoms with Crippen molar-refractivity contribution in [1.29, 1.82) is 0 Å². The van der Waals surface area contributed by atoms with Crippen LogP contribution in [0.3, 0.4) is 0 Å². The third-order valence-electron chi connectivity index (χ3n) is 2.59. The Labute approximate surface area is 118 Å². The van der Waals surface area contributed by atoms with E-state index in [1.165, 1.54) is 0 Å². The first-order chi connectivity index (χ1) is 7.70. The highest BCUT2D eigenvalue weighted by Crippen LogP contribution is 2.26. The number of carboxylic acids is 1. The van der Waals surface area contributed by atoms with Crippen molar-refractivity contribution >= 4 is 30.8 Å². The fourth-order valence-electron chi connectivity index (χ4n) is 1.78. The van der Waals surface area contributed by atoms with Crippen molar-refractivity contribution in [2.24, 2.45) is 0 Å². The van der Waals surface area contributed by atoms with Crippen LogP contribution >= 0.6 is 24.8 Å². The van der Waals surface area contributed by atoms with Gasteiger partial charge in [0.15, 0.2) is 0 Å². The monoisotopic (exact) mass is 284 g/mol. The summed E-state index contributed by atoms with van der Waals surface area (Å²) in [6, 6.07) is 14.9. The summed E-state index contributed by atoms with van der Waals surface area (Å²) >= 11 is 0. The Kier molecular flexibility index (Phi) is 6.45. The molecule has 0 saturated carbocycles. The fourth-order valence-corrected chi connectivity index (χ4v) is 1.78. The zero-order chi connectivity index (χ0) is 11.5. The molecule has 4 heteroatoms. The van der Waals surface area contributed by atoms with Crippen LogP contribution in [0, 0.1) is 6.92 Å². The molecule has 2 aromatic carbocycles. The molecule has 0 aliphatic carbocycles. The van der Waals surface area contributed by atoms with Gasteiger partial charge in [-0.3, -0.25) is 0 Å². The average Bonchev–Trinajstić information content (AvgIpc) is 2.29. The lowest BCUT2D eigenvalue weighted by Crippen LogP contribution is -1.99. The van der Waals surface area contributed by atoms with E-state index in [0.717, 1.165) is 16.7 Å². The maximum atomic E-state index is 11.1. The van der Waals surface area contributed by atoms with E-state index < -0.39 is 5.97 Å². The van der Waals surface area contributed by atoms with Gasteiger partial charge < -0.3 is 5.11 Å². The summed E-state index contributed by atoms with van der Waals surface area (Å²) < 4.78 is 0. The lowest BCUT2D eigenvalue weighted by molar-refractivity contribution is 0.0698. The molecule has 0 atom stereocenters. The lowest BCUT2D eigenvalue weighted by Gasteiger charge is -2.08. The maximum Gasteiger partial charge on any atom is 0.336 e. The van der Waals surface area contributed by atoms with Crippen molar-refractivity contribution in [2.45, 2.75) is 6.92 Å². The molecular formula is C14H14Cl2O2. The first kappa shape index (κ1) is 16.5. The molecule has 18 heavy (non-hydrogen) atoms. The van der Waals surface area contributed by atoms with Crippen LogP contribution in [0.4, 0.5) is 0 Å². The molecule has 0 aliphatic rings. The molecule has 0 bridgehead atoms. The Balaban J connectivity index is 0.00000144. The van der Waals surface area contributed by atoms with E-state index in [-0.39, 0.29) is 24.8 Å². The van der Waals surface area contributed by atoms with Crippen molar-refractivity contribution in [2.75, 3.05) is 0 Å². The summed E-state index contributed by atoms with van der Waals surface area (Å²) in [7, 11) is 0. The van der Waals surface area contributed by atoms with E-state index in [2.05, 4.69) is 0 Å². The smallest absolute Gasteiger partial charge is 0.336 e. The molecule has 0 spiro atoms. The second-order valence-electron chi connectivity index (χ2n) is 3.67. The van der Waals surface area contributed by atoms with E-state index >= 15 is 0 Å². The standard InChI is InChI=1S/C14H12O2.2ClH/c1-10-6-2-3-7-11(10)12-8-4-5-9-13(12)14(15)16;;/h2-9H,1H3,(H,15,16);2*1H. The van der Waals surface area contributed by atoms with Crippen LogP contribution in [0.25, 0.3) is 11.1 Å². The van der Waals surface area contributed by atoms with Gasteiger partial charge in [0.05, 0.1) is 5.56 Å². The normalized spacial score (nSPS) is 8.94. The number of hydrogen-bond donors (Lipinski definition) is 1. The van der Waals surface area contributed by atoms with Gasteiger partial charge in [-0.15, -0.1) is 24.8 Å². The number of rotatable bonds is 2. The molecule has 2 nitrogen and oxygen atoms in total. The summed E-state index contributed by atoms with van der Waals surface area (Å²) in [5, 5.41) is 9.12.